The fraction of sp³-hybridized carbons (Fsp3) is 0.240. The Kier molecular flexibility index (Phi) is 11.0. The largest absolute Gasteiger partial charge is 0.370 e. The van der Waals surface area contributed by atoms with E-state index >= 15 is 0 Å². The predicted octanol–water partition coefficient (Wildman–Crippen LogP) is 3.38. The van der Waals surface area contributed by atoms with E-state index in [9.17, 15) is 26.4 Å². The Bertz CT molecular complexity index is 1490. The van der Waals surface area contributed by atoms with Gasteiger partial charge in [0.1, 0.15) is 0 Å². The van der Waals surface area contributed by atoms with E-state index in [-0.39, 0.29) is 26.9 Å². The van der Waals surface area contributed by atoms with E-state index in [1.165, 1.54) is 24.3 Å². The molecule has 0 radical (unpaired) electrons. The van der Waals surface area contributed by atoms with E-state index < -0.39 is 30.8 Å². The van der Waals surface area contributed by atoms with Crippen LogP contribution in [0.5, 0.6) is 0 Å². The first-order chi connectivity index (χ1) is 17.0. The molecule has 0 aliphatic carbocycles. The monoisotopic (exact) mass is 567 g/mol. The van der Waals surface area contributed by atoms with Crippen molar-refractivity contribution < 1.29 is 26.4 Å². The molecule has 0 fully saturated rings. The lowest BCUT2D eigenvalue weighted by Gasteiger charge is -2.11. The molecular weight excluding hydrogens is 538 g/mol. The van der Waals surface area contributed by atoms with Crippen LogP contribution in [0.3, 0.4) is 0 Å². The van der Waals surface area contributed by atoms with Gasteiger partial charge in [0.15, 0.2) is 25.6 Å². The zero-order valence-corrected chi connectivity index (χ0v) is 23.4. The predicted molar refractivity (Wildman–Crippen MR) is 148 cm³/mol. The number of halogens is 1. The molecule has 0 atom stereocenters. The standard InChI is InChI=1S/C13H17N3O3S.C12H13ClO3S/c1-4-8-6-9(5-2)11(20(3,18)19)7-10(8)12(17)16-13(14)15;1-4-8-6-9(5-2)11(17(3,15)16)7-10(8)12(13)14/h5-7H,2,4H2,1,3H3,(H4,14,15,16,17);5-7H,2,4H2,1,3H3. The van der Waals surface area contributed by atoms with Crippen LogP contribution in [0.4, 0.5) is 0 Å². The summed E-state index contributed by atoms with van der Waals surface area (Å²) in [4.78, 5) is 26.7. The Morgan fingerprint density at radius 2 is 1.22 bits per heavy atom. The van der Waals surface area contributed by atoms with Crippen molar-refractivity contribution in [3.63, 3.8) is 0 Å². The number of sulfone groups is 2. The fourth-order valence-corrected chi connectivity index (χ4v) is 5.37. The van der Waals surface area contributed by atoms with Gasteiger partial charge in [-0.1, -0.05) is 39.2 Å². The molecule has 1 amide bonds. The summed E-state index contributed by atoms with van der Waals surface area (Å²) >= 11 is 5.45. The maximum atomic E-state index is 11.9. The van der Waals surface area contributed by atoms with Gasteiger partial charge in [0.05, 0.1) is 9.79 Å². The topological polar surface area (TPSA) is 167 Å². The summed E-state index contributed by atoms with van der Waals surface area (Å²) < 4.78 is 46.7. The van der Waals surface area contributed by atoms with Gasteiger partial charge in [-0.2, -0.15) is 4.99 Å². The Morgan fingerprint density at radius 3 is 1.51 bits per heavy atom. The Balaban J connectivity index is 0.000000375. The summed E-state index contributed by atoms with van der Waals surface area (Å²) in [6.45, 7) is 10.9. The molecular formula is C25H30ClN3O6S2. The lowest BCUT2D eigenvalue weighted by Crippen LogP contribution is -2.24. The van der Waals surface area contributed by atoms with Crippen LogP contribution in [-0.2, 0) is 32.5 Å². The van der Waals surface area contributed by atoms with Gasteiger partial charge in [-0.3, -0.25) is 9.59 Å². The van der Waals surface area contributed by atoms with Crippen LogP contribution in [0.25, 0.3) is 12.2 Å². The van der Waals surface area contributed by atoms with E-state index in [2.05, 4.69) is 18.2 Å². The van der Waals surface area contributed by atoms with Crippen molar-refractivity contribution in [3.05, 3.63) is 70.8 Å². The molecule has 12 heteroatoms. The number of amides is 1. The number of hydrogen-bond acceptors (Lipinski definition) is 6. The van der Waals surface area contributed by atoms with Crippen LogP contribution in [0.1, 0.15) is 56.8 Å². The number of guanidine groups is 1. The molecule has 0 aromatic heterocycles. The fourth-order valence-electron chi connectivity index (χ4n) is 3.39. The van der Waals surface area contributed by atoms with E-state index in [0.717, 1.165) is 12.5 Å². The van der Waals surface area contributed by atoms with Crippen molar-refractivity contribution in [1.82, 2.24) is 0 Å². The Labute approximate surface area is 222 Å². The molecule has 0 spiro atoms. The summed E-state index contributed by atoms with van der Waals surface area (Å²) in [6.07, 6.45) is 6.17. The van der Waals surface area contributed by atoms with Gasteiger partial charge in [0.25, 0.3) is 11.1 Å². The van der Waals surface area contributed by atoms with Gasteiger partial charge in [0.2, 0.25) is 0 Å². The normalized spacial score (nSPS) is 11.1. The first kappa shape index (κ1) is 31.7. The molecule has 2 aromatic rings. The molecule has 4 N–H and O–H groups in total. The molecule has 0 aliphatic rings. The van der Waals surface area contributed by atoms with E-state index in [4.69, 9.17) is 23.1 Å². The van der Waals surface area contributed by atoms with E-state index in [1.54, 1.807) is 12.1 Å². The molecule has 200 valence electrons. The number of aryl methyl sites for hydroxylation is 2. The second-order valence-corrected chi connectivity index (χ2v) is 12.2. The van der Waals surface area contributed by atoms with Crippen molar-refractivity contribution in [1.29, 1.82) is 0 Å². The molecule has 0 aliphatic heterocycles. The molecule has 9 nitrogen and oxygen atoms in total. The molecule has 0 bridgehead atoms. The quantitative estimate of drug-likeness (QED) is 0.278. The zero-order valence-electron chi connectivity index (χ0n) is 21.0. The Morgan fingerprint density at radius 1 is 0.838 bits per heavy atom. The highest BCUT2D eigenvalue weighted by Crippen LogP contribution is 2.25. The molecule has 0 heterocycles. The number of hydrogen-bond donors (Lipinski definition) is 2. The second-order valence-electron chi connectivity index (χ2n) is 7.87. The summed E-state index contributed by atoms with van der Waals surface area (Å²) in [7, 11) is -6.90. The maximum absolute atomic E-state index is 11.9. The molecule has 0 saturated heterocycles. The molecule has 37 heavy (non-hydrogen) atoms. The highest BCUT2D eigenvalue weighted by atomic mass is 35.5. The van der Waals surface area contributed by atoms with Gasteiger partial charge < -0.3 is 11.5 Å². The second kappa shape index (κ2) is 12.8. The van der Waals surface area contributed by atoms with Crippen LogP contribution in [0.15, 0.2) is 52.2 Å². The number of carbonyl (C=O) groups excluding carboxylic acids is 2. The number of benzene rings is 2. The number of rotatable bonds is 8. The number of carbonyl (C=O) groups is 2. The molecule has 2 aromatic carbocycles. The van der Waals surface area contributed by atoms with Gasteiger partial charge in [0, 0.05) is 23.6 Å². The minimum atomic E-state index is -3.49. The third-order valence-electron chi connectivity index (χ3n) is 5.14. The highest BCUT2D eigenvalue weighted by molar-refractivity contribution is 7.91. The number of nitrogens with zero attached hydrogens (tertiary/aromatic N) is 1. The smallest absolute Gasteiger partial charge is 0.280 e. The lowest BCUT2D eigenvalue weighted by molar-refractivity contribution is 0.100. The van der Waals surface area contributed by atoms with Crippen LogP contribution >= 0.6 is 11.6 Å². The summed E-state index contributed by atoms with van der Waals surface area (Å²) in [6, 6.07) is 5.86. The van der Waals surface area contributed by atoms with Crippen molar-refractivity contribution in [2.45, 2.75) is 36.5 Å². The number of aliphatic imine (C=N–C) groups is 1. The SMILES string of the molecule is C=Cc1cc(CC)c(C(=O)Cl)cc1S(C)(=O)=O.C=Cc1cc(CC)c(C(=O)N=C(N)N)cc1S(C)(=O)=O. The summed E-state index contributed by atoms with van der Waals surface area (Å²) in [5, 5.41) is -0.651. The third kappa shape index (κ3) is 8.38. The van der Waals surface area contributed by atoms with Gasteiger partial charge >= 0.3 is 0 Å². The molecule has 2 rings (SSSR count). The van der Waals surface area contributed by atoms with Crippen LogP contribution in [0.2, 0.25) is 0 Å². The van der Waals surface area contributed by atoms with Gasteiger partial charge in [-0.15, -0.1) is 0 Å². The first-order valence-electron chi connectivity index (χ1n) is 10.8. The zero-order chi connectivity index (χ0) is 28.7. The van der Waals surface area contributed by atoms with Crippen molar-refractivity contribution in [2.75, 3.05) is 12.5 Å². The van der Waals surface area contributed by atoms with Crippen LogP contribution in [-0.4, -0.2) is 46.5 Å². The van der Waals surface area contributed by atoms with Crippen LogP contribution in [0, 0.1) is 0 Å². The minimum absolute atomic E-state index is 0.0267. The van der Waals surface area contributed by atoms with Gasteiger partial charge in [-0.25, -0.2) is 16.8 Å². The Hall–Kier alpha value is -3.28. The summed E-state index contributed by atoms with van der Waals surface area (Å²) in [5.74, 6) is -1.03. The molecule has 0 saturated carbocycles. The molecule has 0 unspecified atom stereocenters. The first-order valence-corrected chi connectivity index (χ1v) is 15.0. The minimum Gasteiger partial charge on any atom is -0.370 e. The van der Waals surface area contributed by atoms with Crippen molar-refractivity contribution in [3.8, 4) is 0 Å². The highest BCUT2D eigenvalue weighted by Gasteiger charge is 2.19. The number of nitrogens with two attached hydrogens (primary N) is 2. The average molecular weight is 568 g/mol. The summed E-state index contributed by atoms with van der Waals surface area (Å²) in [5.41, 5.74) is 13.1. The maximum Gasteiger partial charge on any atom is 0.280 e. The van der Waals surface area contributed by atoms with Crippen LogP contribution < -0.4 is 11.5 Å². The lowest BCUT2D eigenvalue weighted by atomic mass is 10.0. The third-order valence-corrected chi connectivity index (χ3v) is 7.65. The van der Waals surface area contributed by atoms with E-state index in [0.29, 0.717) is 35.1 Å². The van der Waals surface area contributed by atoms with E-state index in [1.807, 2.05) is 13.8 Å². The van der Waals surface area contributed by atoms with Crippen molar-refractivity contribution in [2.24, 2.45) is 16.5 Å². The average Bonchev–Trinajstić information content (AvgIpc) is 2.80. The van der Waals surface area contributed by atoms with Gasteiger partial charge in [-0.05, 0) is 71.0 Å². The van der Waals surface area contributed by atoms with Crippen molar-refractivity contribution >= 4 is 60.5 Å².